The van der Waals surface area contributed by atoms with E-state index in [-0.39, 0.29) is 16.5 Å². The molecule has 0 saturated heterocycles. The highest BCUT2D eigenvalue weighted by molar-refractivity contribution is 6.32. The van der Waals surface area contributed by atoms with Gasteiger partial charge in [-0.2, -0.15) is 0 Å². The maximum atomic E-state index is 10.8. The zero-order chi connectivity index (χ0) is 13.7. The summed E-state index contributed by atoms with van der Waals surface area (Å²) in [5.74, 6) is 0.505. The predicted molar refractivity (Wildman–Crippen MR) is 68.7 cm³/mol. The highest BCUT2D eigenvalue weighted by Crippen LogP contribution is 2.37. The van der Waals surface area contributed by atoms with Crippen LogP contribution in [-0.4, -0.2) is 44.2 Å². The molecule has 0 spiro atoms. The van der Waals surface area contributed by atoms with Gasteiger partial charge in [0.05, 0.1) is 17.1 Å². The van der Waals surface area contributed by atoms with Crippen LogP contribution in [-0.2, 0) is 0 Å². The zero-order valence-corrected chi connectivity index (χ0v) is 11.2. The van der Waals surface area contributed by atoms with Gasteiger partial charge in [-0.15, -0.1) is 0 Å². The van der Waals surface area contributed by atoms with Gasteiger partial charge in [-0.05, 0) is 14.1 Å². The second-order valence-electron chi connectivity index (χ2n) is 3.86. The third-order valence-corrected chi connectivity index (χ3v) is 2.52. The topological polar surface area (TPSA) is 64.8 Å². The summed E-state index contributed by atoms with van der Waals surface area (Å²) < 4.78 is 10.4. The molecule has 0 N–H and O–H groups in total. The molecule has 0 fully saturated rings. The van der Waals surface area contributed by atoms with Gasteiger partial charge in [-0.25, -0.2) is 0 Å². The molecule has 0 bridgehead atoms. The van der Waals surface area contributed by atoms with Crippen molar-refractivity contribution in [3.63, 3.8) is 0 Å². The summed E-state index contributed by atoms with van der Waals surface area (Å²) in [5.41, 5.74) is -0.178. The smallest absolute Gasteiger partial charge is 0.312 e. The van der Waals surface area contributed by atoms with Crippen molar-refractivity contribution < 1.29 is 14.4 Å². The zero-order valence-electron chi connectivity index (χ0n) is 10.5. The minimum Gasteiger partial charge on any atom is -0.491 e. The summed E-state index contributed by atoms with van der Waals surface area (Å²) in [7, 11) is 5.20. The Balaban J connectivity index is 2.90. The van der Waals surface area contributed by atoms with Crippen molar-refractivity contribution >= 4 is 17.3 Å². The van der Waals surface area contributed by atoms with Crippen LogP contribution in [0.15, 0.2) is 12.1 Å². The average molecular weight is 275 g/mol. The Morgan fingerprint density at radius 1 is 1.39 bits per heavy atom. The van der Waals surface area contributed by atoms with Crippen LogP contribution in [0.2, 0.25) is 5.02 Å². The second-order valence-corrected chi connectivity index (χ2v) is 4.27. The Morgan fingerprint density at radius 3 is 2.56 bits per heavy atom. The monoisotopic (exact) mass is 274 g/mol. The van der Waals surface area contributed by atoms with Crippen LogP contribution in [0.5, 0.6) is 11.5 Å². The first-order valence-electron chi connectivity index (χ1n) is 5.25. The summed E-state index contributed by atoms with van der Waals surface area (Å²) in [4.78, 5) is 12.2. The number of hydrogen-bond donors (Lipinski definition) is 0. The van der Waals surface area contributed by atoms with Crippen molar-refractivity contribution in [3.8, 4) is 11.5 Å². The Morgan fingerprint density at radius 2 is 2.06 bits per heavy atom. The lowest BCUT2D eigenvalue weighted by Crippen LogP contribution is -2.19. The fraction of sp³-hybridized carbons (Fsp3) is 0.455. The number of halogens is 1. The van der Waals surface area contributed by atoms with E-state index in [1.165, 1.54) is 19.2 Å². The van der Waals surface area contributed by atoms with E-state index in [1.807, 2.05) is 19.0 Å². The summed E-state index contributed by atoms with van der Waals surface area (Å²) >= 11 is 5.92. The highest BCUT2D eigenvalue weighted by atomic mass is 35.5. The van der Waals surface area contributed by atoms with E-state index in [2.05, 4.69) is 0 Å². The Kier molecular flexibility index (Phi) is 5.18. The highest BCUT2D eigenvalue weighted by Gasteiger charge is 2.18. The van der Waals surface area contributed by atoms with E-state index < -0.39 is 4.92 Å². The number of methoxy groups -OCH3 is 1. The predicted octanol–water partition coefficient (Wildman–Crippen LogP) is 2.20. The van der Waals surface area contributed by atoms with Gasteiger partial charge in [0, 0.05) is 18.7 Å². The average Bonchev–Trinajstić information content (AvgIpc) is 2.30. The van der Waals surface area contributed by atoms with Crippen LogP contribution in [0.4, 0.5) is 5.69 Å². The van der Waals surface area contributed by atoms with Crippen molar-refractivity contribution in [2.24, 2.45) is 0 Å². The summed E-state index contributed by atoms with van der Waals surface area (Å²) in [6.45, 7) is 1.16. The molecular weight excluding hydrogens is 260 g/mol. The normalized spacial score (nSPS) is 10.5. The van der Waals surface area contributed by atoms with Crippen molar-refractivity contribution in [1.82, 2.24) is 4.90 Å². The third kappa shape index (κ3) is 3.75. The quantitative estimate of drug-likeness (QED) is 0.588. The molecule has 0 radical (unpaired) electrons. The largest absolute Gasteiger partial charge is 0.491 e. The summed E-state index contributed by atoms with van der Waals surface area (Å²) in [6.07, 6.45) is 0. The van der Waals surface area contributed by atoms with E-state index in [9.17, 15) is 10.1 Å². The summed E-state index contributed by atoms with van der Waals surface area (Å²) in [6, 6.07) is 2.65. The number of benzene rings is 1. The molecule has 0 unspecified atom stereocenters. The maximum absolute atomic E-state index is 10.8. The first kappa shape index (κ1) is 14.5. The van der Waals surface area contributed by atoms with E-state index >= 15 is 0 Å². The van der Waals surface area contributed by atoms with E-state index in [4.69, 9.17) is 21.1 Å². The fourth-order valence-corrected chi connectivity index (χ4v) is 1.49. The maximum Gasteiger partial charge on any atom is 0.312 e. The minimum atomic E-state index is -0.547. The molecule has 0 aliphatic heterocycles. The molecule has 0 aliphatic rings. The molecule has 0 aromatic heterocycles. The standard InChI is InChI=1S/C11H15ClN2O4/c1-13(2)4-5-18-10-7-11(17-3)9(14(15)16)6-8(10)12/h6-7H,4-5H2,1-3H3. The van der Waals surface area contributed by atoms with Crippen LogP contribution in [0.25, 0.3) is 0 Å². The number of likely N-dealkylation sites (N-methyl/N-ethyl adjacent to an activating group) is 1. The van der Waals surface area contributed by atoms with Crippen molar-refractivity contribution in [1.29, 1.82) is 0 Å². The minimum absolute atomic E-state index is 0.129. The van der Waals surface area contributed by atoms with Crippen molar-refractivity contribution in [3.05, 3.63) is 27.3 Å². The molecule has 100 valence electrons. The lowest BCUT2D eigenvalue weighted by molar-refractivity contribution is -0.385. The van der Waals surface area contributed by atoms with Crippen LogP contribution in [0.1, 0.15) is 0 Å². The van der Waals surface area contributed by atoms with Gasteiger partial charge in [0.1, 0.15) is 12.4 Å². The van der Waals surface area contributed by atoms with Gasteiger partial charge in [0.2, 0.25) is 5.75 Å². The Labute approximate surface area is 110 Å². The molecule has 18 heavy (non-hydrogen) atoms. The lowest BCUT2D eigenvalue weighted by atomic mass is 10.3. The number of nitro benzene ring substituents is 1. The molecule has 0 saturated carbocycles. The number of ether oxygens (including phenoxy) is 2. The molecular formula is C11H15ClN2O4. The summed E-state index contributed by atoms with van der Waals surface area (Å²) in [5, 5.41) is 11.0. The van der Waals surface area contributed by atoms with Crippen molar-refractivity contribution in [2.45, 2.75) is 0 Å². The molecule has 7 heteroatoms. The van der Waals surface area contributed by atoms with Gasteiger partial charge in [0.25, 0.3) is 0 Å². The SMILES string of the molecule is COc1cc(OCCN(C)C)c(Cl)cc1[N+](=O)[O-]. The van der Waals surface area contributed by atoms with Crippen LogP contribution >= 0.6 is 11.6 Å². The number of hydrogen-bond acceptors (Lipinski definition) is 5. The van der Waals surface area contributed by atoms with Gasteiger partial charge in [-0.3, -0.25) is 10.1 Å². The Hall–Kier alpha value is -1.53. The fourth-order valence-electron chi connectivity index (χ4n) is 1.28. The van der Waals surface area contributed by atoms with Crippen LogP contribution in [0.3, 0.4) is 0 Å². The number of nitrogens with zero attached hydrogens (tertiary/aromatic N) is 2. The molecule has 0 amide bonds. The van der Waals surface area contributed by atoms with Gasteiger partial charge < -0.3 is 14.4 Å². The number of rotatable bonds is 6. The van der Waals surface area contributed by atoms with Crippen molar-refractivity contribution in [2.75, 3.05) is 34.4 Å². The van der Waals surface area contributed by atoms with E-state index in [0.29, 0.717) is 12.4 Å². The molecule has 1 aromatic carbocycles. The Bertz CT molecular complexity index is 437. The van der Waals surface area contributed by atoms with Gasteiger partial charge in [-0.1, -0.05) is 11.6 Å². The molecule has 0 aliphatic carbocycles. The van der Waals surface area contributed by atoms with Crippen LogP contribution in [0, 0.1) is 10.1 Å². The van der Waals surface area contributed by atoms with Gasteiger partial charge in [0.15, 0.2) is 0 Å². The molecule has 6 nitrogen and oxygen atoms in total. The first-order chi connectivity index (χ1) is 8.45. The lowest BCUT2D eigenvalue weighted by Gasteiger charge is -2.12. The van der Waals surface area contributed by atoms with E-state index in [1.54, 1.807) is 0 Å². The molecule has 0 atom stereocenters. The second kappa shape index (κ2) is 6.42. The van der Waals surface area contributed by atoms with E-state index in [0.717, 1.165) is 6.54 Å². The molecule has 0 heterocycles. The molecule has 1 rings (SSSR count). The first-order valence-corrected chi connectivity index (χ1v) is 5.63. The van der Waals surface area contributed by atoms with Gasteiger partial charge >= 0.3 is 5.69 Å². The number of nitro groups is 1. The molecule has 1 aromatic rings. The van der Waals surface area contributed by atoms with Crippen LogP contribution < -0.4 is 9.47 Å². The third-order valence-electron chi connectivity index (χ3n) is 2.23.